The van der Waals surface area contributed by atoms with Crippen LogP contribution in [0.5, 0.6) is 0 Å². The summed E-state index contributed by atoms with van der Waals surface area (Å²) in [5, 5.41) is 9.30. The van der Waals surface area contributed by atoms with E-state index in [9.17, 15) is 18.3 Å². The van der Waals surface area contributed by atoms with E-state index < -0.39 is 20.9 Å². The van der Waals surface area contributed by atoms with Crippen molar-refractivity contribution in [3.63, 3.8) is 0 Å². The maximum absolute atomic E-state index is 12.7. The van der Waals surface area contributed by atoms with Gasteiger partial charge in [0.25, 0.3) is 0 Å². The first-order chi connectivity index (χ1) is 10.6. The van der Waals surface area contributed by atoms with Gasteiger partial charge in [-0.05, 0) is 39.5 Å². The molecular weight excluding hydrogens is 316 g/mol. The average Bonchev–Trinajstić information content (AvgIpc) is 2.99. The third-order valence-electron chi connectivity index (χ3n) is 4.86. The third-order valence-corrected chi connectivity index (χ3v) is 7.08. The molecule has 23 heavy (non-hydrogen) atoms. The van der Waals surface area contributed by atoms with Gasteiger partial charge in [-0.2, -0.15) is 0 Å². The SMILES string of the molecule is CN(CC(C)(C)O)S(=O)(=O)C1CCCN(C(=O)C2CCCC2)C1. The first-order valence-corrected chi connectivity index (χ1v) is 10.1. The van der Waals surface area contributed by atoms with Crippen molar-refractivity contribution in [2.24, 2.45) is 5.92 Å². The topological polar surface area (TPSA) is 77.9 Å². The maximum Gasteiger partial charge on any atom is 0.225 e. The van der Waals surface area contributed by atoms with Crippen LogP contribution in [0.3, 0.4) is 0 Å². The summed E-state index contributed by atoms with van der Waals surface area (Å²) < 4.78 is 26.7. The van der Waals surface area contributed by atoms with Gasteiger partial charge in [0.05, 0.1) is 10.9 Å². The van der Waals surface area contributed by atoms with E-state index in [2.05, 4.69) is 0 Å². The zero-order valence-corrected chi connectivity index (χ0v) is 15.3. The lowest BCUT2D eigenvalue weighted by atomic mass is 10.0. The van der Waals surface area contributed by atoms with Crippen molar-refractivity contribution in [3.8, 4) is 0 Å². The zero-order valence-electron chi connectivity index (χ0n) is 14.5. The molecule has 7 heteroatoms. The van der Waals surface area contributed by atoms with Gasteiger partial charge in [0.2, 0.25) is 15.9 Å². The number of likely N-dealkylation sites (N-methyl/N-ethyl adjacent to an activating group) is 1. The van der Waals surface area contributed by atoms with Gasteiger partial charge >= 0.3 is 0 Å². The quantitative estimate of drug-likeness (QED) is 0.811. The minimum absolute atomic E-state index is 0.0579. The van der Waals surface area contributed by atoms with Crippen LogP contribution >= 0.6 is 0 Å². The maximum atomic E-state index is 12.7. The first kappa shape index (κ1) is 18.7. The summed E-state index contributed by atoms with van der Waals surface area (Å²) in [6.07, 6.45) is 5.36. The molecule has 134 valence electrons. The largest absolute Gasteiger partial charge is 0.389 e. The number of sulfonamides is 1. The lowest BCUT2D eigenvalue weighted by Gasteiger charge is -2.36. The smallest absolute Gasteiger partial charge is 0.225 e. The van der Waals surface area contributed by atoms with E-state index in [0.29, 0.717) is 13.0 Å². The van der Waals surface area contributed by atoms with Crippen LogP contribution in [0.25, 0.3) is 0 Å². The minimum atomic E-state index is -3.51. The molecule has 1 aliphatic carbocycles. The van der Waals surface area contributed by atoms with Crippen LogP contribution in [-0.4, -0.2) is 66.2 Å². The fourth-order valence-electron chi connectivity index (χ4n) is 3.70. The highest BCUT2D eigenvalue weighted by Crippen LogP contribution is 2.29. The van der Waals surface area contributed by atoms with Crippen LogP contribution in [0.4, 0.5) is 0 Å². The summed E-state index contributed by atoms with van der Waals surface area (Å²) in [6.45, 7) is 4.19. The number of rotatable bonds is 5. The Bertz CT molecular complexity index is 521. The van der Waals surface area contributed by atoms with E-state index in [0.717, 1.165) is 32.1 Å². The number of amides is 1. The monoisotopic (exact) mass is 346 g/mol. The number of aliphatic hydroxyl groups is 1. The third kappa shape index (κ3) is 4.67. The van der Waals surface area contributed by atoms with Crippen LogP contribution in [0.15, 0.2) is 0 Å². The molecule has 1 heterocycles. The van der Waals surface area contributed by atoms with Gasteiger partial charge < -0.3 is 10.0 Å². The fraction of sp³-hybridized carbons (Fsp3) is 0.938. The molecule has 0 aromatic rings. The molecule has 1 atom stereocenters. The van der Waals surface area contributed by atoms with Gasteiger partial charge in [-0.25, -0.2) is 12.7 Å². The van der Waals surface area contributed by atoms with Gasteiger partial charge in [0.15, 0.2) is 0 Å². The number of carbonyl (C=O) groups excluding carboxylic acids is 1. The van der Waals surface area contributed by atoms with Gasteiger partial charge in [-0.3, -0.25) is 4.79 Å². The van der Waals surface area contributed by atoms with Crippen molar-refractivity contribution in [1.29, 1.82) is 0 Å². The summed E-state index contributed by atoms with van der Waals surface area (Å²) in [4.78, 5) is 14.3. The predicted molar refractivity (Wildman–Crippen MR) is 89.4 cm³/mol. The molecule has 1 saturated carbocycles. The van der Waals surface area contributed by atoms with Crippen LogP contribution in [-0.2, 0) is 14.8 Å². The summed E-state index contributed by atoms with van der Waals surface area (Å²) in [6, 6.07) is 0. The highest BCUT2D eigenvalue weighted by atomic mass is 32.2. The predicted octanol–water partition coefficient (Wildman–Crippen LogP) is 1.20. The summed E-state index contributed by atoms with van der Waals surface area (Å²) in [5.74, 6) is 0.220. The summed E-state index contributed by atoms with van der Waals surface area (Å²) in [5.41, 5.74) is -1.07. The number of piperidine rings is 1. The van der Waals surface area contributed by atoms with E-state index in [1.54, 1.807) is 18.7 Å². The van der Waals surface area contributed by atoms with Gasteiger partial charge in [-0.15, -0.1) is 0 Å². The number of nitrogens with zero attached hydrogens (tertiary/aromatic N) is 2. The van der Waals surface area contributed by atoms with Gasteiger partial charge in [0.1, 0.15) is 0 Å². The molecule has 0 bridgehead atoms. The van der Waals surface area contributed by atoms with Gasteiger partial charge in [0, 0.05) is 32.6 Å². The number of likely N-dealkylation sites (tertiary alicyclic amines) is 1. The fourth-order valence-corrected chi connectivity index (χ4v) is 5.54. The summed E-state index contributed by atoms with van der Waals surface area (Å²) in [7, 11) is -2.00. The van der Waals surface area contributed by atoms with E-state index in [4.69, 9.17) is 0 Å². The van der Waals surface area contributed by atoms with Crippen molar-refractivity contribution in [2.75, 3.05) is 26.7 Å². The van der Waals surface area contributed by atoms with Crippen molar-refractivity contribution in [3.05, 3.63) is 0 Å². The number of hydrogen-bond donors (Lipinski definition) is 1. The molecule has 0 aromatic carbocycles. The van der Waals surface area contributed by atoms with Gasteiger partial charge in [-0.1, -0.05) is 12.8 Å². The Kier molecular flexibility index (Phi) is 5.74. The molecule has 2 rings (SSSR count). The van der Waals surface area contributed by atoms with E-state index in [-0.39, 0.29) is 24.9 Å². The van der Waals surface area contributed by atoms with Crippen LogP contribution in [0.1, 0.15) is 52.4 Å². The highest BCUT2D eigenvalue weighted by molar-refractivity contribution is 7.89. The molecular formula is C16H30N2O4S. The molecule has 1 aliphatic heterocycles. The second-order valence-corrected chi connectivity index (χ2v) is 9.96. The lowest BCUT2D eigenvalue weighted by molar-refractivity contribution is -0.136. The molecule has 1 unspecified atom stereocenters. The average molecular weight is 346 g/mol. The van der Waals surface area contributed by atoms with Crippen molar-refractivity contribution in [1.82, 2.24) is 9.21 Å². The molecule has 0 spiro atoms. The van der Waals surface area contributed by atoms with Crippen molar-refractivity contribution in [2.45, 2.75) is 63.2 Å². The zero-order chi connectivity index (χ0) is 17.3. The second kappa shape index (κ2) is 7.07. The van der Waals surface area contributed by atoms with Crippen LogP contribution < -0.4 is 0 Å². The molecule has 2 fully saturated rings. The molecule has 1 saturated heterocycles. The lowest BCUT2D eigenvalue weighted by Crippen LogP contribution is -2.51. The molecule has 6 nitrogen and oxygen atoms in total. The van der Waals surface area contributed by atoms with E-state index >= 15 is 0 Å². The Labute approximate surface area is 139 Å². The standard InChI is InChI=1S/C16H30N2O4S/c1-16(2,20)12-17(3)23(21,22)14-9-6-10-18(11-14)15(19)13-7-4-5-8-13/h13-14,20H,4-12H2,1-3H3. The van der Waals surface area contributed by atoms with Crippen LogP contribution in [0.2, 0.25) is 0 Å². The Balaban J connectivity index is 2.03. The number of carbonyl (C=O) groups is 1. The molecule has 0 aromatic heterocycles. The Morgan fingerprint density at radius 2 is 1.83 bits per heavy atom. The highest BCUT2D eigenvalue weighted by Gasteiger charge is 2.38. The normalized spacial score (nSPS) is 24.4. The van der Waals surface area contributed by atoms with Crippen molar-refractivity contribution < 1.29 is 18.3 Å². The number of hydrogen-bond acceptors (Lipinski definition) is 4. The molecule has 2 aliphatic rings. The van der Waals surface area contributed by atoms with Crippen molar-refractivity contribution >= 4 is 15.9 Å². The Morgan fingerprint density at radius 1 is 1.22 bits per heavy atom. The van der Waals surface area contributed by atoms with E-state index in [1.807, 2.05) is 0 Å². The Morgan fingerprint density at radius 3 is 2.39 bits per heavy atom. The van der Waals surface area contributed by atoms with E-state index in [1.165, 1.54) is 11.4 Å². The summed E-state index contributed by atoms with van der Waals surface area (Å²) >= 11 is 0. The molecule has 0 radical (unpaired) electrons. The first-order valence-electron chi connectivity index (χ1n) is 8.57. The minimum Gasteiger partial charge on any atom is -0.389 e. The molecule has 1 amide bonds. The Hall–Kier alpha value is -0.660. The molecule has 1 N–H and O–H groups in total. The second-order valence-electron chi connectivity index (χ2n) is 7.64. The van der Waals surface area contributed by atoms with Crippen LogP contribution in [0, 0.1) is 5.92 Å².